The Bertz CT molecular complexity index is 476. The molecule has 1 saturated carbocycles. The second kappa shape index (κ2) is 6.62. The summed E-state index contributed by atoms with van der Waals surface area (Å²) in [6.45, 7) is 3.93. The topological polar surface area (TPSA) is 54.7 Å². The van der Waals surface area contributed by atoms with Gasteiger partial charge in [0.05, 0.1) is 19.9 Å². The van der Waals surface area contributed by atoms with Gasteiger partial charge < -0.3 is 14.5 Å². The van der Waals surface area contributed by atoms with Crippen molar-refractivity contribution in [3.05, 3.63) is 23.7 Å². The van der Waals surface area contributed by atoms with E-state index < -0.39 is 0 Å². The minimum atomic E-state index is -0.316. The highest BCUT2D eigenvalue weighted by atomic mass is 16.5. The van der Waals surface area contributed by atoms with E-state index in [2.05, 4.69) is 10.2 Å². The molecule has 21 heavy (non-hydrogen) atoms. The molecule has 1 unspecified atom stereocenters. The van der Waals surface area contributed by atoms with Crippen LogP contribution in [0.1, 0.15) is 41.8 Å². The molecule has 2 fully saturated rings. The van der Waals surface area contributed by atoms with Crippen LogP contribution in [0.3, 0.4) is 0 Å². The maximum atomic E-state index is 11.7. The first-order chi connectivity index (χ1) is 10.3. The molecule has 1 aliphatic carbocycles. The normalized spacial score (nSPS) is 21.9. The lowest BCUT2D eigenvalue weighted by molar-refractivity contribution is 0.0596. The largest absolute Gasteiger partial charge is 0.467 e. The number of nitrogens with one attached hydrogen (secondary N) is 1. The Hall–Kier alpha value is -1.33. The van der Waals surface area contributed by atoms with Gasteiger partial charge in [0.25, 0.3) is 0 Å². The lowest BCUT2D eigenvalue weighted by Crippen LogP contribution is -2.38. The third-order valence-electron chi connectivity index (χ3n) is 4.37. The lowest BCUT2D eigenvalue weighted by Gasteiger charge is -2.25. The van der Waals surface area contributed by atoms with E-state index >= 15 is 0 Å². The van der Waals surface area contributed by atoms with E-state index in [1.165, 1.54) is 32.8 Å². The number of hydrogen-bond acceptors (Lipinski definition) is 5. The van der Waals surface area contributed by atoms with Crippen LogP contribution in [-0.2, 0) is 11.3 Å². The highest BCUT2D eigenvalue weighted by Gasteiger charge is 2.28. The summed E-state index contributed by atoms with van der Waals surface area (Å²) in [6, 6.07) is 2.27. The Morgan fingerprint density at radius 3 is 2.95 bits per heavy atom. The van der Waals surface area contributed by atoms with Crippen LogP contribution in [0.25, 0.3) is 0 Å². The van der Waals surface area contributed by atoms with Gasteiger partial charge in [-0.05, 0) is 44.2 Å². The smallest absolute Gasteiger partial charge is 0.341 e. The zero-order valence-corrected chi connectivity index (χ0v) is 12.6. The quantitative estimate of drug-likeness (QED) is 0.779. The van der Waals surface area contributed by atoms with E-state index in [4.69, 9.17) is 9.15 Å². The lowest BCUT2D eigenvalue weighted by atomic mass is 10.2. The second-order valence-electron chi connectivity index (χ2n) is 6.18. The summed E-state index contributed by atoms with van der Waals surface area (Å²) in [5.41, 5.74) is 0.553. The zero-order valence-electron chi connectivity index (χ0n) is 12.6. The highest BCUT2D eigenvalue weighted by Crippen LogP contribution is 2.30. The number of furan rings is 1. The summed E-state index contributed by atoms with van der Waals surface area (Å²) in [5, 5.41) is 3.54. The average molecular weight is 292 g/mol. The molecule has 0 spiro atoms. The molecule has 5 nitrogen and oxygen atoms in total. The predicted octanol–water partition coefficient (Wildman–Crippen LogP) is 2.03. The third kappa shape index (κ3) is 3.86. The van der Waals surface area contributed by atoms with Gasteiger partial charge in [-0.25, -0.2) is 4.79 Å². The molecule has 0 bridgehead atoms. The van der Waals surface area contributed by atoms with Gasteiger partial charge in [-0.1, -0.05) is 0 Å². The van der Waals surface area contributed by atoms with Crippen LogP contribution in [0, 0.1) is 5.92 Å². The van der Waals surface area contributed by atoms with Crippen molar-refractivity contribution in [2.24, 2.45) is 5.92 Å². The van der Waals surface area contributed by atoms with Gasteiger partial charge in [0.2, 0.25) is 0 Å². The number of carbonyl (C=O) groups excluding carboxylic acids is 1. The average Bonchev–Trinajstić information content (AvgIpc) is 2.96. The Morgan fingerprint density at radius 1 is 1.43 bits per heavy atom. The monoisotopic (exact) mass is 292 g/mol. The summed E-state index contributed by atoms with van der Waals surface area (Å²) in [6.07, 6.45) is 6.73. The molecule has 2 aliphatic rings. The van der Waals surface area contributed by atoms with Gasteiger partial charge in [-0.2, -0.15) is 0 Å². The van der Waals surface area contributed by atoms with Crippen LogP contribution in [-0.4, -0.2) is 43.7 Å². The van der Waals surface area contributed by atoms with Crippen LogP contribution < -0.4 is 5.32 Å². The maximum absolute atomic E-state index is 11.7. The summed E-state index contributed by atoms with van der Waals surface area (Å²) < 4.78 is 10.3. The zero-order chi connectivity index (χ0) is 14.7. The van der Waals surface area contributed by atoms with Crippen molar-refractivity contribution in [3.63, 3.8) is 0 Å². The number of rotatable bonds is 7. The first kappa shape index (κ1) is 14.6. The summed E-state index contributed by atoms with van der Waals surface area (Å²) in [5.74, 6) is 1.23. The first-order valence-electron chi connectivity index (χ1n) is 7.86. The maximum Gasteiger partial charge on any atom is 0.341 e. The Morgan fingerprint density at radius 2 is 2.29 bits per heavy atom. The molecular weight excluding hydrogens is 268 g/mol. The van der Waals surface area contributed by atoms with E-state index in [-0.39, 0.29) is 5.97 Å². The molecule has 1 aromatic rings. The molecule has 5 heteroatoms. The number of methoxy groups -OCH3 is 1. The number of hydrogen-bond donors (Lipinski definition) is 1. The van der Waals surface area contributed by atoms with Crippen LogP contribution in [0.15, 0.2) is 16.7 Å². The third-order valence-corrected chi connectivity index (χ3v) is 4.37. The Kier molecular flexibility index (Phi) is 4.60. The van der Waals surface area contributed by atoms with Gasteiger partial charge in [0.15, 0.2) is 0 Å². The Labute approximate surface area is 125 Å². The van der Waals surface area contributed by atoms with Crippen LogP contribution in [0.4, 0.5) is 0 Å². The predicted molar refractivity (Wildman–Crippen MR) is 79.1 cm³/mol. The highest BCUT2D eigenvalue weighted by molar-refractivity contribution is 5.90. The fourth-order valence-corrected chi connectivity index (χ4v) is 3.05. The van der Waals surface area contributed by atoms with Crippen molar-refractivity contribution in [1.82, 2.24) is 10.2 Å². The van der Waals surface area contributed by atoms with Gasteiger partial charge in [0, 0.05) is 19.1 Å². The molecule has 3 rings (SSSR count). The van der Waals surface area contributed by atoms with Crippen molar-refractivity contribution in [1.29, 1.82) is 0 Å². The van der Waals surface area contributed by atoms with Crippen LogP contribution in [0.5, 0.6) is 0 Å². The van der Waals surface area contributed by atoms with Crippen molar-refractivity contribution in [2.75, 3.05) is 26.7 Å². The van der Waals surface area contributed by atoms with Gasteiger partial charge >= 0.3 is 5.97 Å². The summed E-state index contributed by atoms with van der Waals surface area (Å²) in [4.78, 5) is 14.2. The second-order valence-corrected chi connectivity index (χ2v) is 6.18. The SMILES string of the molecule is COC(=O)c1ccoc1CN(CC1CC1)CC1CCCN1. The molecule has 1 saturated heterocycles. The Balaban J connectivity index is 1.65. The van der Waals surface area contributed by atoms with E-state index in [0.717, 1.165) is 31.3 Å². The van der Waals surface area contributed by atoms with Gasteiger partial charge in [-0.3, -0.25) is 4.90 Å². The first-order valence-corrected chi connectivity index (χ1v) is 7.86. The summed E-state index contributed by atoms with van der Waals surface area (Å²) >= 11 is 0. The summed E-state index contributed by atoms with van der Waals surface area (Å²) in [7, 11) is 1.41. The molecule has 1 aliphatic heterocycles. The molecule has 0 aromatic carbocycles. The molecule has 1 N–H and O–H groups in total. The number of ether oxygens (including phenoxy) is 1. The van der Waals surface area contributed by atoms with E-state index in [1.54, 1.807) is 12.3 Å². The molecule has 2 heterocycles. The number of carbonyl (C=O) groups is 1. The van der Waals surface area contributed by atoms with Crippen LogP contribution in [0.2, 0.25) is 0 Å². The van der Waals surface area contributed by atoms with Crippen LogP contribution >= 0.6 is 0 Å². The molecular formula is C16H24N2O3. The molecule has 1 atom stereocenters. The van der Waals surface area contributed by atoms with E-state index in [9.17, 15) is 4.79 Å². The van der Waals surface area contributed by atoms with Crippen molar-refractivity contribution in [3.8, 4) is 0 Å². The molecule has 0 amide bonds. The van der Waals surface area contributed by atoms with E-state index in [1.807, 2.05) is 0 Å². The van der Waals surface area contributed by atoms with Crippen molar-refractivity contribution >= 4 is 5.97 Å². The molecule has 1 aromatic heterocycles. The molecule has 116 valence electrons. The standard InChI is InChI=1S/C16H24N2O3/c1-20-16(19)14-6-8-21-15(14)11-18(9-12-4-5-12)10-13-3-2-7-17-13/h6,8,12-13,17H,2-5,7,9-11H2,1H3. The van der Waals surface area contributed by atoms with E-state index in [0.29, 0.717) is 18.2 Å². The van der Waals surface area contributed by atoms with Crippen molar-refractivity contribution < 1.29 is 13.9 Å². The molecule has 0 radical (unpaired) electrons. The van der Waals surface area contributed by atoms with Crippen molar-refractivity contribution in [2.45, 2.75) is 38.3 Å². The number of esters is 1. The van der Waals surface area contributed by atoms with Gasteiger partial charge in [0.1, 0.15) is 11.3 Å². The fraction of sp³-hybridized carbons (Fsp3) is 0.688. The fourth-order valence-electron chi connectivity index (χ4n) is 3.05. The van der Waals surface area contributed by atoms with Gasteiger partial charge in [-0.15, -0.1) is 0 Å². The minimum absolute atomic E-state index is 0.316. The number of nitrogens with zero attached hydrogens (tertiary/aromatic N) is 1. The minimum Gasteiger partial charge on any atom is -0.467 e.